The molecular weight excluding hydrogens is 391 g/mol. The van der Waals surface area contributed by atoms with Crippen LogP contribution in [0.25, 0.3) is 0 Å². The normalized spacial score (nSPS) is 11.0. The van der Waals surface area contributed by atoms with Gasteiger partial charge in [0.2, 0.25) is 0 Å². The summed E-state index contributed by atoms with van der Waals surface area (Å²) in [5, 5.41) is 0. The van der Waals surface area contributed by atoms with Gasteiger partial charge in [-0.15, -0.1) is 4.83 Å². The van der Waals surface area contributed by atoms with Crippen LogP contribution in [-0.2, 0) is 14.8 Å². The zero-order chi connectivity index (χ0) is 16.9. The summed E-state index contributed by atoms with van der Waals surface area (Å²) in [7, 11) is -3.92. The van der Waals surface area contributed by atoms with Crippen molar-refractivity contribution in [3.05, 3.63) is 58.8 Å². The van der Waals surface area contributed by atoms with Gasteiger partial charge in [-0.3, -0.25) is 10.2 Å². The largest absolute Gasteiger partial charge is 0.484 e. The molecule has 0 spiro atoms. The first-order valence-electron chi connectivity index (χ1n) is 6.32. The number of ether oxygens (including phenoxy) is 1. The molecule has 0 unspecified atom stereocenters. The average molecular weight is 403 g/mol. The van der Waals surface area contributed by atoms with E-state index in [0.29, 0.717) is 4.47 Å². The van der Waals surface area contributed by atoms with Crippen molar-refractivity contribution in [1.82, 2.24) is 10.3 Å². The summed E-state index contributed by atoms with van der Waals surface area (Å²) in [6.45, 7) is -0.470. The molecule has 2 N–H and O–H groups in total. The number of hydrogen-bond donors (Lipinski definition) is 2. The van der Waals surface area contributed by atoms with Crippen LogP contribution in [0.5, 0.6) is 5.75 Å². The second-order valence-corrected chi connectivity index (χ2v) is 6.84. The molecule has 2 rings (SSSR count). The highest BCUT2D eigenvalue weighted by Crippen LogP contribution is 2.20. The van der Waals surface area contributed by atoms with Crippen molar-refractivity contribution in [2.24, 2.45) is 0 Å². The van der Waals surface area contributed by atoms with Crippen LogP contribution < -0.4 is 15.0 Å². The van der Waals surface area contributed by atoms with Crippen LogP contribution in [0.2, 0.25) is 0 Å². The molecule has 0 radical (unpaired) electrons. The fraction of sp³-hybridized carbons (Fsp3) is 0.0714. The molecule has 0 aliphatic heterocycles. The maximum absolute atomic E-state index is 12.9. The number of halogens is 2. The predicted molar refractivity (Wildman–Crippen MR) is 84.5 cm³/mol. The quantitative estimate of drug-likeness (QED) is 0.723. The molecule has 0 bridgehead atoms. The molecule has 0 aliphatic rings. The fourth-order valence-electron chi connectivity index (χ4n) is 1.58. The van der Waals surface area contributed by atoms with Crippen LogP contribution >= 0.6 is 15.9 Å². The van der Waals surface area contributed by atoms with Crippen molar-refractivity contribution in [2.75, 3.05) is 6.61 Å². The lowest BCUT2D eigenvalue weighted by atomic mass is 10.3. The van der Waals surface area contributed by atoms with Gasteiger partial charge < -0.3 is 4.74 Å². The molecule has 2 aromatic rings. The van der Waals surface area contributed by atoms with E-state index in [-0.39, 0.29) is 10.6 Å². The number of carbonyl (C=O) groups excluding carboxylic acids is 1. The van der Waals surface area contributed by atoms with Gasteiger partial charge in [0.25, 0.3) is 15.9 Å². The minimum atomic E-state index is -3.92. The Morgan fingerprint density at radius 2 is 1.91 bits per heavy atom. The van der Waals surface area contributed by atoms with Gasteiger partial charge in [0, 0.05) is 10.5 Å². The lowest BCUT2D eigenvalue weighted by molar-refractivity contribution is -0.123. The first kappa shape index (κ1) is 17.4. The maximum atomic E-state index is 12.9. The zero-order valence-corrected chi connectivity index (χ0v) is 14.0. The average Bonchev–Trinajstić information content (AvgIpc) is 2.51. The molecule has 2 aromatic carbocycles. The number of nitrogens with one attached hydrogen (secondary N) is 2. The topological polar surface area (TPSA) is 84.5 Å². The molecule has 0 heterocycles. The highest BCUT2D eigenvalue weighted by atomic mass is 79.9. The monoisotopic (exact) mass is 402 g/mol. The van der Waals surface area contributed by atoms with E-state index in [1.54, 1.807) is 18.2 Å². The second kappa shape index (κ2) is 7.53. The minimum Gasteiger partial charge on any atom is -0.484 e. The Bertz CT molecular complexity index is 814. The third kappa shape index (κ3) is 5.02. The van der Waals surface area contributed by atoms with Gasteiger partial charge in [0.15, 0.2) is 6.61 Å². The third-order valence-electron chi connectivity index (χ3n) is 2.62. The number of carbonyl (C=O) groups is 1. The van der Waals surface area contributed by atoms with Gasteiger partial charge in [-0.05, 0) is 40.2 Å². The number of hydrazine groups is 1. The molecule has 23 heavy (non-hydrogen) atoms. The van der Waals surface area contributed by atoms with Crippen LogP contribution in [0.1, 0.15) is 0 Å². The van der Waals surface area contributed by atoms with E-state index in [2.05, 4.69) is 15.9 Å². The number of amides is 1. The Balaban J connectivity index is 1.90. The lowest BCUT2D eigenvalue weighted by Crippen LogP contribution is -2.43. The molecule has 0 aliphatic carbocycles. The minimum absolute atomic E-state index is 0.0219. The standard InChI is InChI=1S/C14H12BrFN2O4S/c15-12-6-1-2-7-13(12)23(20,21)18-17-14(19)9-22-11-5-3-4-10(16)8-11/h1-8,18H,9H2,(H,17,19). The van der Waals surface area contributed by atoms with Crippen LogP contribution in [0, 0.1) is 5.82 Å². The van der Waals surface area contributed by atoms with Crippen molar-refractivity contribution in [3.63, 3.8) is 0 Å². The number of hydrogen-bond acceptors (Lipinski definition) is 4. The van der Waals surface area contributed by atoms with Gasteiger partial charge in [0.1, 0.15) is 11.6 Å². The van der Waals surface area contributed by atoms with Crippen LogP contribution in [-0.4, -0.2) is 20.9 Å². The lowest BCUT2D eigenvalue weighted by Gasteiger charge is -2.10. The van der Waals surface area contributed by atoms with E-state index >= 15 is 0 Å². The molecule has 9 heteroatoms. The molecule has 0 fully saturated rings. The molecule has 1 amide bonds. The smallest absolute Gasteiger partial charge is 0.272 e. The molecular formula is C14H12BrFN2O4S. The SMILES string of the molecule is O=C(COc1cccc(F)c1)NNS(=O)(=O)c1ccccc1Br. The Morgan fingerprint density at radius 1 is 1.17 bits per heavy atom. The van der Waals surface area contributed by atoms with Crippen molar-refractivity contribution >= 4 is 31.9 Å². The van der Waals surface area contributed by atoms with Gasteiger partial charge in [0.05, 0.1) is 4.90 Å². The Hall–Kier alpha value is -1.97. The van der Waals surface area contributed by atoms with Crippen molar-refractivity contribution in [1.29, 1.82) is 0 Å². The van der Waals surface area contributed by atoms with Crippen molar-refractivity contribution in [3.8, 4) is 5.75 Å². The van der Waals surface area contributed by atoms with E-state index in [1.807, 2.05) is 10.3 Å². The van der Waals surface area contributed by atoms with E-state index in [0.717, 1.165) is 6.07 Å². The highest BCUT2D eigenvalue weighted by Gasteiger charge is 2.17. The summed E-state index contributed by atoms with van der Waals surface area (Å²) < 4.78 is 42.4. The maximum Gasteiger partial charge on any atom is 0.272 e. The highest BCUT2D eigenvalue weighted by molar-refractivity contribution is 9.10. The first-order valence-corrected chi connectivity index (χ1v) is 8.59. The second-order valence-electron chi connectivity index (χ2n) is 4.33. The summed E-state index contributed by atoms with van der Waals surface area (Å²) in [6.07, 6.45) is 0. The van der Waals surface area contributed by atoms with Gasteiger partial charge in [-0.1, -0.05) is 18.2 Å². The summed E-state index contributed by atoms with van der Waals surface area (Å²) in [6, 6.07) is 11.4. The van der Waals surface area contributed by atoms with E-state index in [1.165, 1.54) is 24.3 Å². The van der Waals surface area contributed by atoms with E-state index in [9.17, 15) is 17.6 Å². The molecule has 0 saturated carbocycles. The van der Waals surface area contributed by atoms with Crippen LogP contribution in [0.3, 0.4) is 0 Å². The Labute approximate surface area is 140 Å². The van der Waals surface area contributed by atoms with Gasteiger partial charge in [-0.2, -0.15) is 0 Å². The summed E-state index contributed by atoms with van der Waals surface area (Å²) in [5.74, 6) is -1.07. The van der Waals surface area contributed by atoms with Gasteiger partial charge in [-0.25, -0.2) is 12.8 Å². The van der Waals surface area contributed by atoms with E-state index < -0.39 is 28.4 Å². The number of benzene rings is 2. The Kier molecular flexibility index (Phi) is 5.69. The summed E-state index contributed by atoms with van der Waals surface area (Å²) >= 11 is 3.12. The number of sulfonamides is 1. The van der Waals surface area contributed by atoms with Gasteiger partial charge >= 0.3 is 0 Å². The summed E-state index contributed by atoms with van der Waals surface area (Å²) in [4.78, 5) is 13.5. The van der Waals surface area contributed by atoms with Crippen LogP contribution in [0.4, 0.5) is 4.39 Å². The first-order chi connectivity index (χ1) is 10.9. The summed E-state index contributed by atoms with van der Waals surface area (Å²) in [5.41, 5.74) is 2.02. The predicted octanol–water partition coefficient (Wildman–Crippen LogP) is 1.98. The zero-order valence-electron chi connectivity index (χ0n) is 11.6. The third-order valence-corrected chi connectivity index (χ3v) is 4.88. The number of rotatable bonds is 6. The molecule has 0 atom stereocenters. The van der Waals surface area contributed by atoms with Crippen molar-refractivity contribution in [2.45, 2.75) is 4.90 Å². The molecule has 6 nitrogen and oxygen atoms in total. The Morgan fingerprint density at radius 3 is 2.61 bits per heavy atom. The van der Waals surface area contributed by atoms with Crippen LogP contribution in [0.15, 0.2) is 57.9 Å². The molecule has 122 valence electrons. The van der Waals surface area contributed by atoms with Crippen molar-refractivity contribution < 1.29 is 22.3 Å². The molecule has 0 aromatic heterocycles. The fourth-order valence-corrected chi connectivity index (χ4v) is 3.45. The van der Waals surface area contributed by atoms with E-state index in [4.69, 9.17) is 4.74 Å². The molecule has 0 saturated heterocycles.